The van der Waals surface area contributed by atoms with Crippen LogP contribution in [0.3, 0.4) is 0 Å². The van der Waals surface area contributed by atoms with Crippen molar-refractivity contribution in [3.63, 3.8) is 0 Å². The van der Waals surface area contributed by atoms with Gasteiger partial charge in [-0.1, -0.05) is 60.0 Å². The number of carboxylic acids is 1. The van der Waals surface area contributed by atoms with Crippen LogP contribution in [-0.4, -0.2) is 73.6 Å². The molecule has 5 aromatic rings. The Balaban J connectivity index is 1.11. The zero-order chi connectivity index (χ0) is 34.9. The van der Waals surface area contributed by atoms with E-state index in [1.807, 2.05) is 60.4 Å². The van der Waals surface area contributed by atoms with E-state index in [-0.39, 0.29) is 17.7 Å². The molecule has 50 heavy (non-hydrogen) atoms. The summed E-state index contributed by atoms with van der Waals surface area (Å²) in [4.78, 5) is 38.3. The largest absolute Gasteiger partial charge is 0.480 e. The molecule has 0 spiro atoms. The van der Waals surface area contributed by atoms with E-state index in [2.05, 4.69) is 15.2 Å². The number of fused-ring (bicyclic) bond motifs is 1. The summed E-state index contributed by atoms with van der Waals surface area (Å²) in [5, 5.41) is 23.2. The summed E-state index contributed by atoms with van der Waals surface area (Å²) in [6.45, 7) is 5.28. The van der Waals surface area contributed by atoms with Crippen molar-refractivity contribution in [2.24, 2.45) is 0 Å². The fourth-order valence-corrected chi connectivity index (χ4v) is 7.55. The number of nitrogens with zero attached hydrogens (tertiary/aromatic N) is 4. The van der Waals surface area contributed by atoms with Crippen LogP contribution < -0.4 is 5.32 Å². The van der Waals surface area contributed by atoms with Crippen molar-refractivity contribution in [1.29, 1.82) is 0 Å². The van der Waals surface area contributed by atoms with E-state index in [0.717, 1.165) is 59.2 Å². The number of amides is 1. The number of β-amino-alcohol motifs (C(OH)–C–C–N with tert-alkyl or cyclic N) is 1. The summed E-state index contributed by atoms with van der Waals surface area (Å²) in [5.74, 6) is -0.780. The Morgan fingerprint density at radius 1 is 0.960 bits per heavy atom. The number of piperidine rings is 1. The monoisotopic (exact) mass is 713 g/mol. The summed E-state index contributed by atoms with van der Waals surface area (Å²) in [6, 6.07) is 18.0. The van der Waals surface area contributed by atoms with Gasteiger partial charge in [-0.3, -0.25) is 24.4 Å². The lowest BCUT2D eigenvalue weighted by molar-refractivity contribution is -0.144. The first-order valence-corrected chi connectivity index (χ1v) is 17.5. The molecule has 2 aromatic heterocycles. The number of aliphatic hydroxyl groups excluding tert-OH is 1. The molecule has 10 nitrogen and oxygen atoms in total. The van der Waals surface area contributed by atoms with Crippen molar-refractivity contribution in [2.45, 2.75) is 57.8 Å². The Labute approximate surface area is 299 Å². The van der Waals surface area contributed by atoms with Gasteiger partial charge in [-0.2, -0.15) is 0 Å². The minimum absolute atomic E-state index is 0.269. The van der Waals surface area contributed by atoms with Crippen LogP contribution in [0.1, 0.15) is 52.9 Å². The Morgan fingerprint density at radius 3 is 2.52 bits per heavy atom. The van der Waals surface area contributed by atoms with Gasteiger partial charge in [0.2, 0.25) is 5.89 Å². The average molecular weight is 715 g/mol. The molecule has 3 N–H and O–H groups in total. The second kappa shape index (κ2) is 14.5. The number of aliphatic carboxylic acids is 1. The highest BCUT2D eigenvalue weighted by Gasteiger charge is 2.29. The second-order valence-electron chi connectivity index (χ2n) is 13.1. The molecule has 2 fully saturated rings. The van der Waals surface area contributed by atoms with E-state index >= 15 is 0 Å². The molecule has 258 valence electrons. The maximum absolute atomic E-state index is 13.2. The highest BCUT2D eigenvalue weighted by atomic mass is 35.5. The number of halogens is 2. The number of aliphatic hydroxyl groups is 1. The van der Waals surface area contributed by atoms with Crippen LogP contribution in [0, 0.1) is 6.92 Å². The lowest BCUT2D eigenvalue weighted by Crippen LogP contribution is -2.43. The van der Waals surface area contributed by atoms with Gasteiger partial charge in [0.25, 0.3) is 5.91 Å². The van der Waals surface area contributed by atoms with Crippen LogP contribution in [0.4, 0.5) is 5.69 Å². The summed E-state index contributed by atoms with van der Waals surface area (Å²) >= 11 is 13.6. The zero-order valence-electron chi connectivity index (χ0n) is 27.5. The van der Waals surface area contributed by atoms with Crippen molar-refractivity contribution in [3.8, 4) is 22.6 Å². The van der Waals surface area contributed by atoms with E-state index in [1.165, 1.54) is 0 Å². The van der Waals surface area contributed by atoms with Gasteiger partial charge >= 0.3 is 5.97 Å². The molecule has 0 saturated carbocycles. The first-order chi connectivity index (χ1) is 24.1. The van der Waals surface area contributed by atoms with Gasteiger partial charge in [-0.15, -0.1) is 0 Å². The van der Waals surface area contributed by atoms with Crippen LogP contribution in [0.5, 0.6) is 0 Å². The number of hydrogen-bond donors (Lipinski definition) is 3. The molecule has 2 atom stereocenters. The summed E-state index contributed by atoms with van der Waals surface area (Å²) in [7, 11) is 0. The van der Waals surface area contributed by atoms with Gasteiger partial charge in [0, 0.05) is 43.5 Å². The Kier molecular flexibility index (Phi) is 9.90. The number of carboxylic acid groups (broad SMARTS) is 1. The molecule has 1 amide bonds. The van der Waals surface area contributed by atoms with Gasteiger partial charge in [-0.05, 0) is 85.3 Å². The Hall–Kier alpha value is -4.32. The first kappa shape index (κ1) is 34.1. The van der Waals surface area contributed by atoms with E-state index < -0.39 is 12.0 Å². The van der Waals surface area contributed by atoms with Crippen LogP contribution in [-0.2, 0) is 17.9 Å². The van der Waals surface area contributed by atoms with Crippen molar-refractivity contribution in [3.05, 3.63) is 99.3 Å². The predicted molar refractivity (Wildman–Crippen MR) is 193 cm³/mol. The molecule has 2 aliphatic rings. The number of benzene rings is 3. The molecular formula is C38H37Cl2N5O5. The molecule has 0 bridgehead atoms. The molecule has 2 saturated heterocycles. The number of likely N-dealkylation sites (tertiary alicyclic amines) is 2. The third kappa shape index (κ3) is 7.12. The zero-order valence-corrected chi connectivity index (χ0v) is 29.0. The number of carbonyl (C=O) groups excluding carboxylic acids is 1. The van der Waals surface area contributed by atoms with Gasteiger partial charge in [-0.25, -0.2) is 4.98 Å². The number of pyridine rings is 1. The highest BCUT2D eigenvalue weighted by Crippen LogP contribution is 2.40. The average Bonchev–Trinajstić information content (AvgIpc) is 3.72. The highest BCUT2D eigenvalue weighted by molar-refractivity contribution is 6.36. The van der Waals surface area contributed by atoms with Gasteiger partial charge < -0.3 is 19.9 Å². The molecule has 0 aliphatic carbocycles. The smallest absolute Gasteiger partial charge is 0.320 e. The number of aromatic nitrogens is 2. The van der Waals surface area contributed by atoms with Crippen molar-refractivity contribution >= 4 is 51.9 Å². The van der Waals surface area contributed by atoms with Gasteiger partial charge in [0.05, 0.1) is 21.8 Å². The van der Waals surface area contributed by atoms with E-state index in [9.17, 15) is 19.8 Å². The van der Waals surface area contributed by atoms with Crippen LogP contribution in [0.15, 0.2) is 71.3 Å². The molecule has 12 heteroatoms. The Bertz CT molecular complexity index is 2070. The van der Waals surface area contributed by atoms with Crippen LogP contribution in [0.2, 0.25) is 10.0 Å². The molecule has 7 rings (SSSR count). The second-order valence-corrected chi connectivity index (χ2v) is 13.9. The number of oxazole rings is 1. The molecular weight excluding hydrogens is 677 g/mol. The van der Waals surface area contributed by atoms with Crippen molar-refractivity contribution in [2.75, 3.05) is 25.0 Å². The number of hydrogen-bond acceptors (Lipinski definition) is 8. The number of rotatable bonds is 9. The summed E-state index contributed by atoms with van der Waals surface area (Å²) in [5.41, 5.74) is 6.83. The van der Waals surface area contributed by atoms with Crippen molar-refractivity contribution in [1.82, 2.24) is 19.8 Å². The number of carbonyl (C=O) groups is 2. The SMILES string of the molecule is Cc1c(-c2nc3cc(CN4CCCC[C@H]4C(=O)O)cc(Cl)c3o2)cccc1-c1cccc(NC(=O)c2ccc(CN3CC[C@H](O)C3)cn2)c1Cl. The molecule has 0 radical (unpaired) electrons. The van der Waals surface area contributed by atoms with Gasteiger partial charge in [0.15, 0.2) is 5.58 Å². The topological polar surface area (TPSA) is 132 Å². The maximum atomic E-state index is 13.2. The lowest BCUT2D eigenvalue weighted by atomic mass is 9.96. The normalized spacial score (nSPS) is 18.5. The standard InChI is InChI=1S/C38H37Cl2N5O5/c1-22-26(28-8-5-9-30(34(28)40)42-36(47)31-12-11-23(18-41-31)19-44-15-13-25(46)21-44)6-4-7-27(22)37-43-32-17-24(16-29(39)35(32)50-37)20-45-14-3-2-10-33(45)38(48)49/h4-9,11-12,16-18,25,33,46H,2-3,10,13-15,19-21H2,1H3,(H,42,47)(H,48,49)/t25-,33-/m0/s1. The predicted octanol–water partition coefficient (Wildman–Crippen LogP) is 7.43. The quantitative estimate of drug-likeness (QED) is 0.143. The number of anilines is 1. The summed E-state index contributed by atoms with van der Waals surface area (Å²) in [6.07, 6.45) is 4.66. The third-order valence-corrected chi connectivity index (χ3v) is 10.3. The third-order valence-electron chi connectivity index (χ3n) is 9.60. The minimum atomic E-state index is -0.803. The maximum Gasteiger partial charge on any atom is 0.320 e. The molecule has 0 unspecified atom stereocenters. The molecule has 4 heterocycles. The minimum Gasteiger partial charge on any atom is -0.480 e. The van der Waals surface area contributed by atoms with Crippen LogP contribution >= 0.6 is 23.2 Å². The molecule has 2 aliphatic heterocycles. The Morgan fingerprint density at radius 2 is 1.76 bits per heavy atom. The van der Waals surface area contributed by atoms with E-state index in [1.54, 1.807) is 18.3 Å². The van der Waals surface area contributed by atoms with E-state index in [4.69, 9.17) is 32.6 Å². The lowest BCUT2D eigenvalue weighted by Gasteiger charge is -2.32. The molecule has 3 aromatic carbocycles. The fraction of sp³-hybridized carbons (Fsp3) is 0.316. The van der Waals surface area contributed by atoms with E-state index in [0.29, 0.717) is 65.3 Å². The van der Waals surface area contributed by atoms with Crippen LogP contribution in [0.25, 0.3) is 33.7 Å². The first-order valence-electron chi connectivity index (χ1n) is 16.8. The fourth-order valence-electron chi connectivity index (χ4n) is 7.00. The van der Waals surface area contributed by atoms with Gasteiger partial charge in [0.1, 0.15) is 17.3 Å². The van der Waals surface area contributed by atoms with Crippen molar-refractivity contribution < 1.29 is 24.2 Å². The number of nitrogens with one attached hydrogen (secondary N) is 1. The summed E-state index contributed by atoms with van der Waals surface area (Å²) < 4.78 is 6.21.